The van der Waals surface area contributed by atoms with Crippen molar-refractivity contribution in [3.05, 3.63) is 53.5 Å². The summed E-state index contributed by atoms with van der Waals surface area (Å²) >= 11 is 1.73. The number of carbonyl (C=O) groups excluding carboxylic acids is 1. The summed E-state index contributed by atoms with van der Waals surface area (Å²) in [6.45, 7) is 0.587. The molecule has 1 aromatic heterocycles. The normalized spacial score (nSPS) is 10.4. The number of rotatable bonds is 7. The van der Waals surface area contributed by atoms with E-state index >= 15 is 0 Å². The number of benzene rings is 1. The Morgan fingerprint density at radius 3 is 2.75 bits per heavy atom. The third-order valence-electron chi connectivity index (χ3n) is 2.84. The highest BCUT2D eigenvalue weighted by atomic mass is 32.2. The first-order valence-electron chi connectivity index (χ1n) is 6.35. The number of furan rings is 1. The number of nitrogens with two attached hydrogens (primary N) is 1. The minimum atomic E-state index is -0.334. The Balaban J connectivity index is 2.00. The van der Waals surface area contributed by atoms with Crippen molar-refractivity contribution in [1.29, 1.82) is 0 Å². The first kappa shape index (κ1) is 14.5. The van der Waals surface area contributed by atoms with E-state index in [2.05, 4.69) is 5.32 Å². The number of thioether (sulfide) groups is 1. The highest BCUT2D eigenvalue weighted by Crippen LogP contribution is 2.18. The van der Waals surface area contributed by atoms with Gasteiger partial charge in [-0.1, -0.05) is 18.2 Å². The van der Waals surface area contributed by atoms with E-state index in [9.17, 15) is 4.79 Å². The lowest BCUT2D eigenvalue weighted by molar-refractivity contribution is -0.117. The van der Waals surface area contributed by atoms with E-state index in [1.54, 1.807) is 11.8 Å². The van der Waals surface area contributed by atoms with Gasteiger partial charge in [-0.15, -0.1) is 0 Å². The number of nitrogens with one attached hydrogen (secondary N) is 1. The molecule has 2 aromatic rings. The molecule has 0 radical (unpaired) electrons. The average molecular weight is 290 g/mol. The molecule has 0 fully saturated rings. The largest absolute Gasteiger partial charge is 0.463 e. The van der Waals surface area contributed by atoms with Gasteiger partial charge in [-0.25, -0.2) is 0 Å². The summed E-state index contributed by atoms with van der Waals surface area (Å²) in [5, 5.41) is 3.28. The lowest BCUT2D eigenvalue weighted by Gasteiger charge is -2.09. The second kappa shape index (κ2) is 7.05. The fourth-order valence-corrected chi connectivity index (χ4v) is 2.39. The molecule has 2 rings (SSSR count). The Kier molecular flexibility index (Phi) is 5.12. The van der Waals surface area contributed by atoms with Gasteiger partial charge in [0.05, 0.1) is 18.7 Å². The van der Waals surface area contributed by atoms with Gasteiger partial charge in [0.1, 0.15) is 11.5 Å². The molecule has 0 spiro atoms. The minimum absolute atomic E-state index is 0.235. The molecule has 0 bridgehead atoms. The van der Waals surface area contributed by atoms with Gasteiger partial charge in [-0.3, -0.25) is 4.79 Å². The second-order valence-electron chi connectivity index (χ2n) is 4.45. The van der Waals surface area contributed by atoms with Crippen LogP contribution in [0.1, 0.15) is 17.1 Å². The minimum Gasteiger partial charge on any atom is -0.463 e. The maximum atomic E-state index is 11.0. The van der Waals surface area contributed by atoms with Crippen LogP contribution >= 0.6 is 11.8 Å². The van der Waals surface area contributed by atoms with Crippen molar-refractivity contribution in [2.45, 2.75) is 18.7 Å². The quantitative estimate of drug-likeness (QED) is 0.822. The molecule has 0 saturated heterocycles. The Bertz CT molecular complexity index is 581. The molecule has 1 heterocycles. The van der Waals surface area contributed by atoms with E-state index in [0.717, 1.165) is 28.5 Å². The molecule has 4 nitrogen and oxygen atoms in total. The molecular weight excluding hydrogens is 272 g/mol. The van der Waals surface area contributed by atoms with Crippen molar-refractivity contribution in [3.8, 4) is 0 Å². The first-order valence-corrected chi connectivity index (χ1v) is 7.75. The Morgan fingerprint density at radius 1 is 1.25 bits per heavy atom. The number of anilines is 1. The van der Waals surface area contributed by atoms with Gasteiger partial charge in [-0.05, 0) is 30.0 Å². The molecule has 106 valence electrons. The van der Waals surface area contributed by atoms with Crippen LogP contribution in [0.15, 0.2) is 40.8 Å². The molecule has 1 aromatic carbocycles. The summed E-state index contributed by atoms with van der Waals surface area (Å²) in [5.74, 6) is 2.39. The molecule has 0 aliphatic carbocycles. The van der Waals surface area contributed by atoms with Gasteiger partial charge in [0.15, 0.2) is 0 Å². The number of carbonyl (C=O) groups is 1. The topological polar surface area (TPSA) is 68.3 Å². The standard InChI is InChI=1S/C15H18N2O2S/c1-20-10-13-7-6-12(19-13)9-17-14-5-3-2-4-11(14)8-15(16)18/h2-7,17H,8-10H2,1H3,(H2,16,18). The number of hydrogen-bond acceptors (Lipinski definition) is 4. The summed E-state index contributed by atoms with van der Waals surface area (Å²) < 4.78 is 5.69. The molecular formula is C15H18N2O2S. The van der Waals surface area contributed by atoms with Crippen LogP contribution in [0.25, 0.3) is 0 Å². The molecule has 5 heteroatoms. The third kappa shape index (κ3) is 4.06. The molecule has 0 aliphatic heterocycles. The van der Waals surface area contributed by atoms with E-state index in [0.29, 0.717) is 6.54 Å². The summed E-state index contributed by atoms with van der Waals surface area (Å²) in [6.07, 6.45) is 2.28. The molecule has 0 aliphatic rings. The monoisotopic (exact) mass is 290 g/mol. The lowest BCUT2D eigenvalue weighted by atomic mass is 10.1. The van der Waals surface area contributed by atoms with Crippen molar-refractivity contribution >= 4 is 23.4 Å². The number of primary amides is 1. The number of para-hydroxylation sites is 1. The van der Waals surface area contributed by atoms with Crippen LogP contribution < -0.4 is 11.1 Å². The van der Waals surface area contributed by atoms with E-state index in [-0.39, 0.29) is 12.3 Å². The Morgan fingerprint density at radius 2 is 2.00 bits per heavy atom. The third-order valence-corrected chi connectivity index (χ3v) is 3.41. The van der Waals surface area contributed by atoms with Crippen molar-refractivity contribution in [3.63, 3.8) is 0 Å². The highest BCUT2D eigenvalue weighted by Gasteiger charge is 2.06. The van der Waals surface area contributed by atoms with E-state index in [1.807, 2.05) is 42.7 Å². The molecule has 0 atom stereocenters. The first-order chi connectivity index (χ1) is 9.69. The zero-order valence-corrected chi connectivity index (χ0v) is 12.2. The van der Waals surface area contributed by atoms with E-state index in [4.69, 9.17) is 10.2 Å². The van der Waals surface area contributed by atoms with Crippen molar-refractivity contribution in [1.82, 2.24) is 0 Å². The summed E-state index contributed by atoms with van der Waals surface area (Å²) in [6, 6.07) is 11.6. The second-order valence-corrected chi connectivity index (χ2v) is 5.32. The predicted octanol–water partition coefficient (Wildman–Crippen LogP) is 2.78. The van der Waals surface area contributed by atoms with Gasteiger partial charge in [-0.2, -0.15) is 11.8 Å². The number of hydrogen-bond donors (Lipinski definition) is 2. The van der Waals surface area contributed by atoms with Crippen molar-refractivity contribution < 1.29 is 9.21 Å². The molecule has 3 N–H and O–H groups in total. The van der Waals surface area contributed by atoms with Gasteiger partial charge in [0.25, 0.3) is 0 Å². The molecule has 20 heavy (non-hydrogen) atoms. The maximum absolute atomic E-state index is 11.0. The summed E-state index contributed by atoms with van der Waals surface area (Å²) in [7, 11) is 0. The lowest BCUT2D eigenvalue weighted by Crippen LogP contribution is -2.15. The maximum Gasteiger partial charge on any atom is 0.221 e. The van der Waals surface area contributed by atoms with Crippen LogP contribution in [0, 0.1) is 0 Å². The van der Waals surface area contributed by atoms with Crippen LogP contribution in [0.4, 0.5) is 5.69 Å². The summed E-state index contributed by atoms with van der Waals surface area (Å²) in [4.78, 5) is 11.0. The van der Waals surface area contributed by atoms with Crippen molar-refractivity contribution in [2.75, 3.05) is 11.6 Å². The van der Waals surface area contributed by atoms with E-state index < -0.39 is 0 Å². The average Bonchev–Trinajstić information content (AvgIpc) is 2.85. The Hall–Kier alpha value is -1.88. The fourth-order valence-electron chi connectivity index (χ4n) is 1.95. The van der Waals surface area contributed by atoms with Crippen LogP contribution in [0.2, 0.25) is 0 Å². The highest BCUT2D eigenvalue weighted by molar-refractivity contribution is 7.97. The smallest absolute Gasteiger partial charge is 0.221 e. The van der Waals surface area contributed by atoms with Gasteiger partial charge < -0.3 is 15.5 Å². The SMILES string of the molecule is CSCc1ccc(CNc2ccccc2CC(N)=O)o1. The summed E-state index contributed by atoms with van der Waals surface area (Å²) in [5.41, 5.74) is 7.06. The van der Waals surface area contributed by atoms with Gasteiger partial charge >= 0.3 is 0 Å². The van der Waals surface area contributed by atoms with Crippen LogP contribution in [-0.2, 0) is 23.5 Å². The van der Waals surface area contributed by atoms with Crippen molar-refractivity contribution in [2.24, 2.45) is 5.73 Å². The zero-order chi connectivity index (χ0) is 14.4. The van der Waals surface area contributed by atoms with E-state index in [1.165, 1.54) is 0 Å². The fraction of sp³-hybridized carbons (Fsp3) is 0.267. The predicted molar refractivity (Wildman–Crippen MR) is 82.6 cm³/mol. The molecule has 0 unspecified atom stereocenters. The Labute approximate surface area is 122 Å². The molecule has 1 amide bonds. The zero-order valence-electron chi connectivity index (χ0n) is 11.4. The van der Waals surface area contributed by atoms with Crippen LogP contribution in [0.3, 0.4) is 0 Å². The number of amides is 1. The molecule has 0 saturated carbocycles. The van der Waals surface area contributed by atoms with Crippen LogP contribution in [-0.4, -0.2) is 12.2 Å². The van der Waals surface area contributed by atoms with Gasteiger partial charge in [0.2, 0.25) is 5.91 Å². The van der Waals surface area contributed by atoms with Crippen LogP contribution in [0.5, 0.6) is 0 Å². The van der Waals surface area contributed by atoms with Gasteiger partial charge in [0, 0.05) is 5.69 Å².